The van der Waals surface area contributed by atoms with Crippen molar-refractivity contribution >= 4 is 0 Å². The van der Waals surface area contributed by atoms with Crippen LogP contribution in [-0.4, -0.2) is 0 Å². The SMILES string of the molecule is C[C@H](CC1CCC(c2ccc(-c3cc(F)c(C#N)c(F)c3)cc2)CC1)c1ccccc1. The Kier molecular flexibility index (Phi) is 6.47. The van der Waals surface area contributed by atoms with Crippen LogP contribution < -0.4 is 0 Å². The molecule has 0 unspecified atom stereocenters. The number of halogens is 2. The minimum atomic E-state index is -0.815. The minimum absolute atomic E-state index is 0.458. The highest BCUT2D eigenvalue weighted by Crippen LogP contribution is 2.40. The summed E-state index contributed by atoms with van der Waals surface area (Å²) in [5.74, 6) is 0.284. The second kappa shape index (κ2) is 9.43. The van der Waals surface area contributed by atoms with Crippen molar-refractivity contribution < 1.29 is 8.78 Å². The Morgan fingerprint density at radius 1 is 0.871 bits per heavy atom. The second-order valence-electron chi connectivity index (χ2n) is 8.81. The molecule has 0 spiro atoms. The fourth-order valence-corrected chi connectivity index (χ4v) is 4.94. The van der Waals surface area contributed by atoms with E-state index in [2.05, 4.69) is 49.4 Å². The van der Waals surface area contributed by atoms with Crippen molar-refractivity contribution in [3.05, 3.63) is 95.1 Å². The average Bonchev–Trinajstić information content (AvgIpc) is 2.80. The van der Waals surface area contributed by atoms with Gasteiger partial charge in [-0.05, 0) is 84.2 Å². The lowest BCUT2D eigenvalue weighted by atomic mass is 9.75. The van der Waals surface area contributed by atoms with Gasteiger partial charge in [0.25, 0.3) is 0 Å². The van der Waals surface area contributed by atoms with E-state index < -0.39 is 17.2 Å². The normalized spacial score (nSPS) is 19.5. The summed E-state index contributed by atoms with van der Waals surface area (Å²) < 4.78 is 27.9. The molecule has 1 aliphatic rings. The van der Waals surface area contributed by atoms with Crippen LogP contribution in [-0.2, 0) is 0 Å². The summed E-state index contributed by atoms with van der Waals surface area (Å²) in [4.78, 5) is 0. The summed E-state index contributed by atoms with van der Waals surface area (Å²) in [5, 5.41) is 8.84. The van der Waals surface area contributed by atoms with Gasteiger partial charge in [0.1, 0.15) is 23.3 Å². The van der Waals surface area contributed by atoms with Crippen molar-refractivity contribution in [1.29, 1.82) is 5.26 Å². The lowest BCUT2D eigenvalue weighted by molar-refractivity contribution is 0.297. The van der Waals surface area contributed by atoms with E-state index in [0.717, 1.165) is 11.5 Å². The van der Waals surface area contributed by atoms with Crippen LogP contribution in [0.25, 0.3) is 11.1 Å². The van der Waals surface area contributed by atoms with E-state index in [1.54, 1.807) is 6.07 Å². The molecule has 1 aliphatic carbocycles. The number of nitrogens with zero attached hydrogens (tertiary/aromatic N) is 1. The fourth-order valence-electron chi connectivity index (χ4n) is 4.94. The summed E-state index contributed by atoms with van der Waals surface area (Å²) in [5.41, 5.74) is 3.41. The van der Waals surface area contributed by atoms with Crippen molar-refractivity contribution in [3.8, 4) is 17.2 Å². The van der Waals surface area contributed by atoms with Gasteiger partial charge >= 0.3 is 0 Å². The van der Waals surface area contributed by atoms with E-state index in [1.165, 1.54) is 55.4 Å². The molecule has 0 N–H and O–H groups in total. The van der Waals surface area contributed by atoms with Gasteiger partial charge in [-0.2, -0.15) is 5.26 Å². The summed E-state index contributed by atoms with van der Waals surface area (Å²) in [6, 6.07) is 22.8. The van der Waals surface area contributed by atoms with Gasteiger partial charge in [-0.1, -0.05) is 61.5 Å². The summed E-state index contributed by atoms with van der Waals surface area (Å²) >= 11 is 0. The van der Waals surface area contributed by atoms with Crippen molar-refractivity contribution in [2.75, 3.05) is 0 Å². The Balaban J connectivity index is 1.37. The molecule has 31 heavy (non-hydrogen) atoms. The maximum absolute atomic E-state index is 13.9. The average molecular weight is 416 g/mol. The van der Waals surface area contributed by atoms with Crippen LogP contribution in [0.4, 0.5) is 8.78 Å². The van der Waals surface area contributed by atoms with Crippen molar-refractivity contribution in [2.45, 2.75) is 50.9 Å². The molecule has 0 bridgehead atoms. The second-order valence-corrected chi connectivity index (χ2v) is 8.81. The van der Waals surface area contributed by atoms with Gasteiger partial charge in [0.15, 0.2) is 0 Å². The number of rotatable bonds is 5. The molecule has 0 saturated heterocycles. The van der Waals surface area contributed by atoms with Gasteiger partial charge in [-0.25, -0.2) is 8.78 Å². The molecule has 1 saturated carbocycles. The number of nitriles is 1. The van der Waals surface area contributed by atoms with Gasteiger partial charge in [-0.15, -0.1) is 0 Å². The molecule has 0 aromatic heterocycles. The van der Waals surface area contributed by atoms with Crippen molar-refractivity contribution in [2.24, 2.45) is 5.92 Å². The van der Waals surface area contributed by atoms with Crippen LogP contribution in [0.5, 0.6) is 0 Å². The van der Waals surface area contributed by atoms with Crippen molar-refractivity contribution in [1.82, 2.24) is 0 Å². The highest BCUT2D eigenvalue weighted by Gasteiger charge is 2.24. The van der Waals surface area contributed by atoms with Crippen LogP contribution in [0.1, 0.15) is 67.6 Å². The molecule has 0 heterocycles. The van der Waals surface area contributed by atoms with Crippen LogP contribution >= 0.6 is 0 Å². The van der Waals surface area contributed by atoms with Crippen LogP contribution in [0.15, 0.2) is 66.7 Å². The molecule has 3 aromatic rings. The Morgan fingerprint density at radius 2 is 1.48 bits per heavy atom. The quantitative estimate of drug-likeness (QED) is 0.414. The molecular weight excluding hydrogens is 388 g/mol. The third-order valence-corrected chi connectivity index (χ3v) is 6.77. The first-order chi connectivity index (χ1) is 15.0. The lowest BCUT2D eigenvalue weighted by Crippen LogP contribution is -2.15. The Hall–Kier alpha value is -2.99. The zero-order valence-electron chi connectivity index (χ0n) is 17.8. The third-order valence-electron chi connectivity index (χ3n) is 6.77. The monoisotopic (exact) mass is 415 g/mol. The van der Waals surface area contributed by atoms with Gasteiger partial charge in [0, 0.05) is 0 Å². The van der Waals surface area contributed by atoms with Gasteiger partial charge in [-0.3, -0.25) is 0 Å². The largest absolute Gasteiger partial charge is 0.205 e. The fraction of sp³-hybridized carbons (Fsp3) is 0.321. The highest BCUT2D eigenvalue weighted by molar-refractivity contribution is 5.65. The molecule has 158 valence electrons. The predicted octanol–water partition coefficient (Wildman–Crippen LogP) is 7.97. The smallest absolute Gasteiger partial charge is 0.144 e. The standard InChI is InChI=1S/C28H27F2N/c1-19(21-5-3-2-4-6-21)15-20-7-9-22(10-8-20)23-11-13-24(14-12-23)25-16-27(29)26(18-31)28(30)17-25/h2-6,11-14,16-17,19-20,22H,7-10,15H2,1H3/t19-,20?,22?/m1/s1. The molecule has 3 heteroatoms. The maximum atomic E-state index is 13.9. The summed E-state index contributed by atoms with van der Waals surface area (Å²) in [6.45, 7) is 2.33. The summed E-state index contributed by atoms with van der Waals surface area (Å²) in [7, 11) is 0. The van der Waals surface area contributed by atoms with Gasteiger partial charge in [0.05, 0.1) is 0 Å². The molecule has 1 fully saturated rings. The van der Waals surface area contributed by atoms with Gasteiger partial charge in [0.2, 0.25) is 0 Å². The zero-order valence-corrected chi connectivity index (χ0v) is 17.8. The molecule has 3 aromatic carbocycles. The van der Waals surface area contributed by atoms with E-state index in [0.29, 0.717) is 17.4 Å². The molecule has 1 nitrogen and oxygen atoms in total. The summed E-state index contributed by atoms with van der Waals surface area (Å²) in [6.07, 6.45) is 6.11. The Labute approximate surface area is 183 Å². The van der Waals surface area contributed by atoms with E-state index >= 15 is 0 Å². The molecular formula is C28H27F2N. The molecule has 1 atom stereocenters. The molecule has 0 radical (unpaired) electrons. The topological polar surface area (TPSA) is 23.8 Å². The maximum Gasteiger partial charge on any atom is 0.144 e. The number of hydrogen-bond donors (Lipinski definition) is 0. The molecule has 4 rings (SSSR count). The first-order valence-electron chi connectivity index (χ1n) is 11.1. The predicted molar refractivity (Wildman–Crippen MR) is 121 cm³/mol. The van der Waals surface area contributed by atoms with E-state index in [4.69, 9.17) is 5.26 Å². The molecule has 0 aliphatic heterocycles. The van der Waals surface area contributed by atoms with Crippen LogP contribution in [0, 0.1) is 28.9 Å². The zero-order chi connectivity index (χ0) is 21.8. The van der Waals surface area contributed by atoms with Crippen LogP contribution in [0.3, 0.4) is 0 Å². The van der Waals surface area contributed by atoms with Crippen LogP contribution in [0.2, 0.25) is 0 Å². The van der Waals surface area contributed by atoms with Gasteiger partial charge < -0.3 is 0 Å². The van der Waals surface area contributed by atoms with E-state index in [1.807, 2.05) is 12.1 Å². The Morgan fingerprint density at radius 3 is 2.06 bits per heavy atom. The first kappa shape index (κ1) is 21.2. The molecule has 0 amide bonds. The highest BCUT2D eigenvalue weighted by atomic mass is 19.1. The third kappa shape index (κ3) is 4.85. The minimum Gasteiger partial charge on any atom is -0.205 e. The number of hydrogen-bond acceptors (Lipinski definition) is 1. The van der Waals surface area contributed by atoms with E-state index in [9.17, 15) is 8.78 Å². The first-order valence-corrected chi connectivity index (χ1v) is 11.1. The lowest BCUT2D eigenvalue weighted by Gasteiger charge is -2.30. The Bertz CT molecular complexity index is 1040. The van der Waals surface area contributed by atoms with Crippen molar-refractivity contribution in [3.63, 3.8) is 0 Å². The van der Waals surface area contributed by atoms with E-state index in [-0.39, 0.29) is 0 Å². The number of benzene rings is 3.